The van der Waals surface area contributed by atoms with Crippen LogP contribution in [0.5, 0.6) is 0 Å². The van der Waals surface area contributed by atoms with E-state index < -0.39 is 0 Å². The predicted molar refractivity (Wildman–Crippen MR) is 114 cm³/mol. The SMILES string of the molecule is C=C/C=c1/cc(/C(C=N)=C/NCCC)cc(NC2CCNCC2)/c1=C/N. The summed E-state index contributed by atoms with van der Waals surface area (Å²) in [5, 5.41) is 20.1. The summed E-state index contributed by atoms with van der Waals surface area (Å²) in [5.41, 5.74) is 8.77. The van der Waals surface area contributed by atoms with Crippen LogP contribution in [0.1, 0.15) is 31.7 Å². The molecule has 140 valence electrons. The summed E-state index contributed by atoms with van der Waals surface area (Å²) >= 11 is 0. The molecule has 0 aromatic heterocycles. The second kappa shape index (κ2) is 10.5. The van der Waals surface area contributed by atoms with Crippen LogP contribution in [0.2, 0.25) is 0 Å². The first kappa shape index (κ1) is 19.8. The van der Waals surface area contributed by atoms with Gasteiger partial charge in [0.15, 0.2) is 0 Å². The Morgan fingerprint density at radius 2 is 2.15 bits per heavy atom. The lowest BCUT2D eigenvalue weighted by Crippen LogP contribution is -2.38. The first-order valence-electron chi connectivity index (χ1n) is 9.33. The van der Waals surface area contributed by atoms with E-state index >= 15 is 0 Å². The number of rotatable bonds is 8. The van der Waals surface area contributed by atoms with Gasteiger partial charge in [-0.25, -0.2) is 0 Å². The summed E-state index contributed by atoms with van der Waals surface area (Å²) < 4.78 is 0. The van der Waals surface area contributed by atoms with Gasteiger partial charge < -0.3 is 27.1 Å². The zero-order valence-electron chi connectivity index (χ0n) is 15.6. The summed E-state index contributed by atoms with van der Waals surface area (Å²) in [6, 6.07) is 4.57. The number of nitrogens with one attached hydrogen (secondary N) is 4. The van der Waals surface area contributed by atoms with E-state index in [1.54, 1.807) is 12.3 Å². The smallest absolute Gasteiger partial charge is 0.0442 e. The van der Waals surface area contributed by atoms with E-state index in [9.17, 15) is 0 Å². The molecule has 26 heavy (non-hydrogen) atoms. The third-order valence-corrected chi connectivity index (χ3v) is 4.52. The Kier molecular flexibility index (Phi) is 7.96. The first-order valence-corrected chi connectivity index (χ1v) is 9.33. The maximum Gasteiger partial charge on any atom is 0.0442 e. The number of nitrogens with two attached hydrogens (primary N) is 1. The molecular weight excluding hydrogens is 322 g/mol. The average Bonchev–Trinajstić information content (AvgIpc) is 2.66. The predicted octanol–water partition coefficient (Wildman–Crippen LogP) is 1.50. The highest BCUT2D eigenvalue weighted by atomic mass is 15.0. The van der Waals surface area contributed by atoms with E-state index in [0.717, 1.165) is 66.2 Å². The van der Waals surface area contributed by atoms with Crippen LogP contribution in [-0.4, -0.2) is 31.9 Å². The Bertz CT molecular complexity index is 757. The minimum absolute atomic E-state index is 0.424. The number of allylic oxidation sites excluding steroid dienone is 2. The number of anilines is 1. The molecule has 0 amide bonds. The topological polar surface area (TPSA) is 86.0 Å². The summed E-state index contributed by atoms with van der Waals surface area (Å²) in [6.45, 7) is 8.88. The van der Waals surface area contributed by atoms with Crippen molar-refractivity contribution < 1.29 is 0 Å². The van der Waals surface area contributed by atoms with Gasteiger partial charge in [0.2, 0.25) is 0 Å². The van der Waals surface area contributed by atoms with Crippen molar-refractivity contribution >= 4 is 29.8 Å². The quantitative estimate of drug-likeness (QED) is 0.362. The summed E-state index contributed by atoms with van der Waals surface area (Å²) in [5.74, 6) is 0. The maximum atomic E-state index is 7.80. The van der Waals surface area contributed by atoms with Crippen molar-refractivity contribution in [3.05, 3.63) is 47.0 Å². The molecule has 1 aromatic carbocycles. The second-order valence-corrected chi connectivity index (χ2v) is 6.46. The number of hydrogen-bond donors (Lipinski definition) is 5. The van der Waals surface area contributed by atoms with Crippen molar-refractivity contribution in [2.45, 2.75) is 32.2 Å². The molecule has 1 aliphatic rings. The monoisotopic (exact) mass is 353 g/mol. The number of hydrogen-bond acceptors (Lipinski definition) is 5. The van der Waals surface area contributed by atoms with Gasteiger partial charge in [-0.3, -0.25) is 0 Å². The number of piperidine rings is 1. The van der Waals surface area contributed by atoms with Gasteiger partial charge in [0.1, 0.15) is 0 Å². The molecule has 1 aliphatic heterocycles. The van der Waals surface area contributed by atoms with Crippen molar-refractivity contribution in [3.8, 4) is 0 Å². The Morgan fingerprint density at radius 3 is 2.77 bits per heavy atom. The van der Waals surface area contributed by atoms with E-state index in [0.29, 0.717) is 6.04 Å². The molecule has 0 aliphatic carbocycles. The van der Waals surface area contributed by atoms with Crippen LogP contribution < -0.4 is 32.1 Å². The van der Waals surface area contributed by atoms with Gasteiger partial charge in [0.05, 0.1) is 0 Å². The van der Waals surface area contributed by atoms with Crippen molar-refractivity contribution in [3.63, 3.8) is 0 Å². The van der Waals surface area contributed by atoms with E-state index in [1.165, 1.54) is 6.21 Å². The third-order valence-electron chi connectivity index (χ3n) is 4.52. The van der Waals surface area contributed by atoms with Gasteiger partial charge in [-0.1, -0.05) is 25.7 Å². The van der Waals surface area contributed by atoms with Crippen LogP contribution in [0.3, 0.4) is 0 Å². The van der Waals surface area contributed by atoms with E-state index in [4.69, 9.17) is 11.1 Å². The molecule has 0 bridgehead atoms. The second-order valence-electron chi connectivity index (χ2n) is 6.46. The average molecular weight is 354 g/mol. The molecule has 1 aromatic rings. The molecule has 5 heteroatoms. The van der Waals surface area contributed by atoms with Crippen LogP contribution in [0.15, 0.2) is 31.0 Å². The lowest BCUT2D eigenvalue weighted by atomic mass is 10.0. The minimum atomic E-state index is 0.424. The van der Waals surface area contributed by atoms with Gasteiger partial charge in [0.25, 0.3) is 0 Å². The molecule has 5 nitrogen and oxygen atoms in total. The zero-order chi connectivity index (χ0) is 18.8. The van der Waals surface area contributed by atoms with Crippen molar-refractivity contribution in [1.82, 2.24) is 10.6 Å². The van der Waals surface area contributed by atoms with Gasteiger partial charge in [0, 0.05) is 47.7 Å². The van der Waals surface area contributed by atoms with E-state index in [-0.39, 0.29) is 0 Å². The molecule has 0 spiro atoms. The summed E-state index contributed by atoms with van der Waals surface area (Å²) in [4.78, 5) is 0. The van der Waals surface area contributed by atoms with Crippen LogP contribution >= 0.6 is 0 Å². The van der Waals surface area contributed by atoms with Gasteiger partial charge in [-0.2, -0.15) is 0 Å². The molecule has 0 unspecified atom stereocenters. The van der Waals surface area contributed by atoms with Gasteiger partial charge in [-0.15, -0.1) is 0 Å². The lowest BCUT2D eigenvalue weighted by molar-refractivity contribution is 0.479. The Hall–Kier alpha value is -2.53. The van der Waals surface area contributed by atoms with Crippen molar-refractivity contribution in [2.24, 2.45) is 5.73 Å². The van der Waals surface area contributed by atoms with Crippen LogP contribution in [0.25, 0.3) is 17.8 Å². The highest BCUT2D eigenvalue weighted by Gasteiger charge is 2.14. The molecule has 1 saturated heterocycles. The van der Waals surface area contributed by atoms with Crippen LogP contribution in [0.4, 0.5) is 5.69 Å². The van der Waals surface area contributed by atoms with E-state index in [1.807, 2.05) is 12.3 Å². The van der Waals surface area contributed by atoms with Crippen LogP contribution in [0, 0.1) is 5.41 Å². The normalized spacial score (nSPS) is 17.2. The Balaban J connectivity index is 2.49. The van der Waals surface area contributed by atoms with E-state index in [2.05, 4.69) is 41.6 Å². The highest BCUT2D eigenvalue weighted by molar-refractivity contribution is 6.08. The Labute approximate surface area is 156 Å². The van der Waals surface area contributed by atoms with Crippen molar-refractivity contribution in [2.75, 3.05) is 25.0 Å². The molecule has 1 heterocycles. The standard InChI is InChI=1S/C21H31N5/c1-3-5-16-11-17(18(13-22)15-25-8-4-2)12-21(20(16)14-23)26-19-6-9-24-10-7-19/h3,5,11-15,19,22,24-26H,1,4,6-10,23H2,2H3/b16-5-,18-15+,20-14+,22-13?. The fourth-order valence-corrected chi connectivity index (χ4v) is 3.13. The largest absolute Gasteiger partial charge is 0.404 e. The highest BCUT2D eigenvalue weighted by Crippen LogP contribution is 2.15. The first-order chi connectivity index (χ1) is 12.7. The molecule has 0 atom stereocenters. The van der Waals surface area contributed by atoms with Gasteiger partial charge in [-0.05, 0) is 55.3 Å². The van der Waals surface area contributed by atoms with Crippen molar-refractivity contribution in [1.29, 1.82) is 5.41 Å². The molecule has 6 N–H and O–H groups in total. The summed E-state index contributed by atoms with van der Waals surface area (Å²) in [6.07, 6.45) is 11.9. The minimum Gasteiger partial charge on any atom is -0.404 e. The van der Waals surface area contributed by atoms with Crippen LogP contribution in [-0.2, 0) is 0 Å². The third kappa shape index (κ3) is 5.23. The zero-order valence-corrected chi connectivity index (χ0v) is 15.6. The maximum absolute atomic E-state index is 7.80. The molecule has 0 saturated carbocycles. The van der Waals surface area contributed by atoms with Gasteiger partial charge >= 0.3 is 0 Å². The molecular formula is C21H31N5. The Morgan fingerprint density at radius 1 is 1.38 bits per heavy atom. The molecule has 1 fully saturated rings. The lowest BCUT2D eigenvalue weighted by Gasteiger charge is -2.25. The fourth-order valence-electron chi connectivity index (χ4n) is 3.13. The summed E-state index contributed by atoms with van der Waals surface area (Å²) in [7, 11) is 0. The molecule has 2 rings (SSSR count). The number of benzene rings is 1. The fraction of sp³-hybridized carbons (Fsp3) is 0.381. The molecule has 0 radical (unpaired) electrons.